The van der Waals surface area contributed by atoms with Gasteiger partial charge in [0.2, 0.25) is 4.34 Å². The topological polar surface area (TPSA) is 81.6 Å². The first-order valence-electron chi connectivity index (χ1n) is 6.22. The number of hydrogen-bond acceptors (Lipinski definition) is 4. The van der Waals surface area contributed by atoms with Gasteiger partial charge in [0.1, 0.15) is 6.07 Å². The van der Waals surface area contributed by atoms with Gasteiger partial charge >= 0.3 is 0 Å². The molecule has 2 aromatic heterocycles. The van der Waals surface area contributed by atoms with E-state index in [0.29, 0.717) is 15.6 Å². The summed E-state index contributed by atoms with van der Waals surface area (Å²) in [5.74, 6) is 0. The third-order valence-electron chi connectivity index (χ3n) is 3.13. The Morgan fingerprint density at radius 3 is 2.90 bits per heavy atom. The normalized spacial score (nSPS) is 12.2. The van der Waals surface area contributed by atoms with E-state index in [4.69, 9.17) is 5.26 Å². The molecule has 0 aliphatic carbocycles. The zero-order valence-corrected chi connectivity index (χ0v) is 13.1. The van der Waals surface area contributed by atoms with Crippen LogP contribution in [0.5, 0.6) is 0 Å². The number of thiazole rings is 1. The molecule has 7 heteroatoms. The summed E-state index contributed by atoms with van der Waals surface area (Å²) < 4.78 is 15.8. The van der Waals surface area contributed by atoms with Crippen molar-refractivity contribution >= 4 is 38.9 Å². The van der Waals surface area contributed by atoms with Crippen LogP contribution >= 0.6 is 11.3 Å². The highest BCUT2D eigenvalue weighted by atomic mass is 32.2. The van der Waals surface area contributed by atoms with Crippen molar-refractivity contribution in [3.05, 3.63) is 40.5 Å². The molecule has 0 bridgehead atoms. The number of nitriles is 1. The van der Waals surface area contributed by atoms with Crippen LogP contribution in [0.25, 0.3) is 10.9 Å². The number of hydrogen-bond donors (Lipinski definition) is 2. The number of anilines is 1. The first-order valence-corrected chi connectivity index (χ1v) is 8.18. The number of aromatic nitrogens is 2. The van der Waals surface area contributed by atoms with Crippen molar-refractivity contribution in [1.82, 2.24) is 9.97 Å². The van der Waals surface area contributed by atoms with Gasteiger partial charge in [0, 0.05) is 22.7 Å². The van der Waals surface area contributed by atoms with Gasteiger partial charge in [-0.1, -0.05) is 6.07 Å². The predicted octanol–water partition coefficient (Wildman–Crippen LogP) is 3.25. The molecule has 0 saturated carbocycles. The molecule has 0 saturated heterocycles. The Hall–Kier alpha value is -2.17. The first kappa shape index (κ1) is 13.8. The standard InChI is InChI=1S/C14H12N4OS2/c1-8-3-4-11(13-12(8)10(5-15)7-16-13)18-21(19)14-17-6-9(2)20-14/h3-4,6-7,16,18H,1-2H3. The van der Waals surface area contributed by atoms with Crippen molar-refractivity contribution in [2.24, 2.45) is 0 Å². The highest BCUT2D eigenvalue weighted by Crippen LogP contribution is 2.29. The molecule has 3 aromatic rings. The van der Waals surface area contributed by atoms with Gasteiger partial charge < -0.3 is 4.98 Å². The maximum absolute atomic E-state index is 12.3. The van der Waals surface area contributed by atoms with Gasteiger partial charge in [-0.3, -0.25) is 4.72 Å². The second-order valence-electron chi connectivity index (χ2n) is 4.60. The van der Waals surface area contributed by atoms with Gasteiger partial charge in [0.25, 0.3) is 0 Å². The Balaban J connectivity index is 2.02. The molecule has 1 aromatic carbocycles. The molecule has 2 N–H and O–H groups in total. The smallest absolute Gasteiger partial charge is 0.202 e. The quantitative estimate of drug-likeness (QED) is 0.778. The number of aromatic amines is 1. The van der Waals surface area contributed by atoms with Crippen LogP contribution in [0.3, 0.4) is 0 Å². The van der Waals surface area contributed by atoms with E-state index in [-0.39, 0.29) is 0 Å². The second-order valence-corrected chi connectivity index (χ2v) is 7.22. The summed E-state index contributed by atoms with van der Waals surface area (Å²) in [6.07, 6.45) is 3.37. The minimum Gasteiger partial charge on any atom is -0.358 e. The summed E-state index contributed by atoms with van der Waals surface area (Å²) in [4.78, 5) is 8.21. The maximum Gasteiger partial charge on any atom is 0.202 e. The van der Waals surface area contributed by atoms with Gasteiger partial charge in [-0.15, -0.1) is 11.3 Å². The fourth-order valence-electron chi connectivity index (χ4n) is 2.16. The average Bonchev–Trinajstić information content (AvgIpc) is 3.08. The largest absolute Gasteiger partial charge is 0.358 e. The second kappa shape index (κ2) is 5.31. The van der Waals surface area contributed by atoms with Gasteiger partial charge in [-0.25, -0.2) is 9.19 Å². The molecule has 2 heterocycles. The minimum absolute atomic E-state index is 0.535. The lowest BCUT2D eigenvalue weighted by Gasteiger charge is -2.07. The zero-order chi connectivity index (χ0) is 15.0. The van der Waals surface area contributed by atoms with E-state index in [1.54, 1.807) is 12.4 Å². The molecule has 5 nitrogen and oxygen atoms in total. The summed E-state index contributed by atoms with van der Waals surface area (Å²) in [6, 6.07) is 5.92. The summed E-state index contributed by atoms with van der Waals surface area (Å²) in [6.45, 7) is 3.87. The van der Waals surface area contributed by atoms with Gasteiger partial charge in [0.05, 0.1) is 16.8 Å². The van der Waals surface area contributed by atoms with E-state index < -0.39 is 11.0 Å². The Kier molecular flexibility index (Phi) is 3.49. The molecule has 0 fully saturated rings. The van der Waals surface area contributed by atoms with Crippen LogP contribution in [0.15, 0.2) is 28.9 Å². The molecule has 0 amide bonds. The van der Waals surface area contributed by atoms with Crippen LogP contribution in [0.2, 0.25) is 0 Å². The Bertz CT molecular complexity index is 888. The molecule has 1 atom stereocenters. The highest BCUT2D eigenvalue weighted by Gasteiger charge is 2.14. The molecule has 21 heavy (non-hydrogen) atoms. The Labute approximate surface area is 128 Å². The van der Waals surface area contributed by atoms with Crippen molar-refractivity contribution in [3.63, 3.8) is 0 Å². The van der Waals surface area contributed by atoms with Crippen LogP contribution in [0.4, 0.5) is 5.69 Å². The lowest BCUT2D eigenvalue weighted by molar-refractivity contribution is 0.686. The number of nitrogens with one attached hydrogen (secondary N) is 2. The fraction of sp³-hybridized carbons (Fsp3) is 0.143. The zero-order valence-electron chi connectivity index (χ0n) is 11.4. The van der Waals surface area contributed by atoms with Gasteiger partial charge in [-0.05, 0) is 25.5 Å². The lowest BCUT2D eigenvalue weighted by Crippen LogP contribution is -2.04. The number of benzene rings is 1. The average molecular weight is 316 g/mol. The number of nitrogens with zero attached hydrogens (tertiary/aromatic N) is 2. The first-order chi connectivity index (χ1) is 10.1. The van der Waals surface area contributed by atoms with E-state index >= 15 is 0 Å². The van der Waals surface area contributed by atoms with Crippen molar-refractivity contribution in [1.29, 1.82) is 5.26 Å². The van der Waals surface area contributed by atoms with Crippen molar-refractivity contribution in [3.8, 4) is 6.07 Å². The maximum atomic E-state index is 12.3. The molecular weight excluding hydrogens is 304 g/mol. The minimum atomic E-state index is -1.41. The number of fused-ring (bicyclic) bond motifs is 1. The Morgan fingerprint density at radius 2 is 2.24 bits per heavy atom. The monoisotopic (exact) mass is 316 g/mol. The molecule has 0 aliphatic rings. The summed E-state index contributed by atoms with van der Waals surface area (Å²) in [7, 11) is -1.41. The van der Waals surface area contributed by atoms with Gasteiger partial charge in [0.15, 0.2) is 11.0 Å². The molecule has 0 radical (unpaired) electrons. The third kappa shape index (κ3) is 2.44. The van der Waals surface area contributed by atoms with Crippen LogP contribution in [0, 0.1) is 25.2 Å². The SMILES string of the molecule is Cc1cnc(S(=O)Nc2ccc(C)c3c(C#N)c[nH]c23)s1. The molecule has 3 rings (SSSR count). The molecule has 0 aliphatic heterocycles. The summed E-state index contributed by atoms with van der Waals surface area (Å²) in [5, 5.41) is 10.0. The van der Waals surface area contributed by atoms with Crippen LogP contribution < -0.4 is 4.72 Å². The number of H-pyrrole nitrogens is 1. The third-order valence-corrected chi connectivity index (χ3v) is 5.37. The van der Waals surface area contributed by atoms with E-state index in [1.165, 1.54) is 11.3 Å². The molecule has 0 spiro atoms. The van der Waals surface area contributed by atoms with Crippen LogP contribution in [-0.4, -0.2) is 14.2 Å². The van der Waals surface area contributed by atoms with E-state index in [0.717, 1.165) is 21.3 Å². The van der Waals surface area contributed by atoms with E-state index in [2.05, 4.69) is 20.8 Å². The van der Waals surface area contributed by atoms with Crippen molar-refractivity contribution in [2.45, 2.75) is 18.2 Å². The van der Waals surface area contributed by atoms with Crippen LogP contribution in [-0.2, 0) is 11.0 Å². The van der Waals surface area contributed by atoms with E-state index in [9.17, 15) is 4.21 Å². The van der Waals surface area contributed by atoms with Crippen molar-refractivity contribution < 1.29 is 4.21 Å². The lowest BCUT2D eigenvalue weighted by atomic mass is 10.1. The molecule has 1 unspecified atom stereocenters. The molecular formula is C14H12N4OS2. The highest BCUT2D eigenvalue weighted by molar-refractivity contribution is 7.88. The molecule has 106 valence electrons. The summed E-state index contributed by atoms with van der Waals surface area (Å²) >= 11 is 1.40. The fourth-order valence-corrected chi connectivity index (χ4v) is 4.07. The van der Waals surface area contributed by atoms with Crippen LogP contribution in [0.1, 0.15) is 16.0 Å². The predicted molar refractivity (Wildman–Crippen MR) is 84.6 cm³/mol. The Morgan fingerprint density at radius 1 is 1.43 bits per heavy atom. The van der Waals surface area contributed by atoms with Gasteiger partial charge in [-0.2, -0.15) is 5.26 Å². The summed E-state index contributed by atoms with van der Waals surface area (Å²) in [5.41, 5.74) is 3.07. The number of aryl methyl sites for hydroxylation is 2. The van der Waals surface area contributed by atoms with Crippen molar-refractivity contribution in [2.75, 3.05) is 4.72 Å². The number of rotatable bonds is 3. The van der Waals surface area contributed by atoms with E-state index in [1.807, 2.05) is 26.0 Å².